The standard InChI is InChI=1S/C29H35FN8O2S/c1-3-23-28(34(2)29-32-24(19-41-29)20-6-8-21(30)9-7-20)38-25(31-23)10-11-26(33-38)37-15-14-36(22(16-37)18-39)17-27(40)35-12-4-5-13-35/h6-11,19,22,39H,3-5,12-18H2,1-2H3/t22-/m0/s1. The van der Waals surface area contributed by atoms with Gasteiger partial charge in [-0.15, -0.1) is 16.4 Å². The van der Waals surface area contributed by atoms with E-state index < -0.39 is 0 Å². The molecule has 0 aliphatic carbocycles. The molecule has 2 fully saturated rings. The van der Waals surface area contributed by atoms with Crippen LogP contribution in [0.3, 0.4) is 0 Å². The molecule has 0 unspecified atom stereocenters. The lowest BCUT2D eigenvalue weighted by atomic mass is 10.1. The van der Waals surface area contributed by atoms with Crippen LogP contribution in [0.25, 0.3) is 16.9 Å². The van der Waals surface area contributed by atoms with E-state index in [-0.39, 0.29) is 24.4 Å². The highest BCUT2D eigenvalue weighted by atomic mass is 32.1. The fourth-order valence-electron chi connectivity index (χ4n) is 5.68. The van der Waals surface area contributed by atoms with Gasteiger partial charge in [0.1, 0.15) is 11.6 Å². The van der Waals surface area contributed by atoms with E-state index in [0.717, 1.165) is 71.7 Å². The van der Waals surface area contributed by atoms with Crippen molar-refractivity contribution in [3.8, 4) is 11.3 Å². The minimum atomic E-state index is -0.274. The summed E-state index contributed by atoms with van der Waals surface area (Å²) in [5, 5.41) is 17.9. The smallest absolute Gasteiger partial charge is 0.236 e. The number of imidazole rings is 1. The number of aliphatic hydroxyl groups excluding tert-OH is 1. The summed E-state index contributed by atoms with van der Waals surface area (Å²) < 4.78 is 15.3. The Morgan fingerprint density at radius 3 is 2.61 bits per heavy atom. The highest BCUT2D eigenvalue weighted by Crippen LogP contribution is 2.34. The average molecular weight is 579 g/mol. The highest BCUT2D eigenvalue weighted by Gasteiger charge is 2.31. The zero-order valence-electron chi connectivity index (χ0n) is 23.4. The number of amides is 1. The molecule has 216 valence electrons. The van der Waals surface area contributed by atoms with Gasteiger partial charge >= 0.3 is 0 Å². The van der Waals surface area contributed by atoms with Crippen molar-refractivity contribution in [3.63, 3.8) is 0 Å². The molecule has 2 aliphatic rings. The number of anilines is 3. The molecule has 1 N–H and O–H groups in total. The van der Waals surface area contributed by atoms with Gasteiger partial charge in [-0.1, -0.05) is 6.92 Å². The van der Waals surface area contributed by atoms with E-state index in [1.54, 1.807) is 12.1 Å². The molecule has 0 spiro atoms. The molecule has 0 bridgehead atoms. The molecule has 10 nitrogen and oxygen atoms in total. The van der Waals surface area contributed by atoms with Crippen LogP contribution in [0.1, 0.15) is 25.5 Å². The van der Waals surface area contributed by atoms with Gasteiger partial charge in [0.05, 0.1) is 30.6 Å². The Morgan fingerprint density at radius 1 is 1.10 bits per heavy atom. The quantitative estimate of drug-likeness (QED) is 0.340. The molecule has 1 atom stereocenters. The van der Waals surface area contributed by atoms with Crippen LogP contribution in [0.2, 0.25) is 0 Å². The number of benzene rings is 1. The number of nitrogens with zero attached hydrogens (tertiary/aromatic N) is 8. The topological polar surface area (TPSA) is 93.3 Å². The van der Waals surface area contributed by atoms with Gasteiger partial charge in [-0.2, -0.15) is 4.52 Å². The molecular formula is C29H35FN8O2S. The molecule has 3 aromatic heterocycles. The van der Waals surface area contributed by atoms with Crippen molar-refractivity contribution in [1.29, 1.82) is 0 Å². The summed E-state index contributed by atoms with van der Waals surface area (Å²) in [6.45, 7) is 6.02. The molecule has 1 aromatic carbocycles. The molecule has 2 aliphatic heterocycles. The van der Waals surface area contributed by atoms with Crippen molar-refractivity contribution >= 4 is 39.7 Å². The van der Waals surface area contributed by atoms with E-state index in [1.807, 2.05) is 38.9 Å². The Labute approximate surface area is 242 Å². The van der Waals surface area contributed by atoms with Crippen LogP contribution >= 0.6 is 11.3 Å². The second-order valence-electron chi connectivity index (χ2n) is 10.6. The first-order chi connectivity index (χ1) is 19.9. The van der Waals surface area contributed by atoms with Gasteiger partial charge in [-0.05, 0) is 55.7 Å². The number of hydrogen-bond acceptors (Lipinski definition) is 9. The number of carbonyl (C=O) groups excluding carboxylic acids is 1. The number of aromatic nitrogens is 4. The number of fused-ring (bicyclic) bond motifs is 1. The lowest BCUT2D eigenvalue weighted by molar-refractivity contribution is -0.132. The third kappa shape index (κ3) is 5.51. The van der Waals surface area contributed by atoms with Crippen molar-refractivity contribution in [2.45, 2.75) is 32.2 Å². The number of aryl methyl sites for hydroxylation is 1. The maximum absolute atomic E-state index is 13.4. The van der Waals surface area contributed by atoms with Gasteiger partial charge in [0.25, 0.3) is 0 Å². The van der Waals surface area contributed by atoms with Crippen LogP contribution in [0, 0.1) is 5.82 Å². The van der Waals surface area contributed by atoms with Gasteiger partial charge in [0, 0.05) is 50.7 Å². The molecule has 6 rings (SSSR count). The summed E-state index contributed by atoms with van der Waals surface area (Å²) in [5.41, 5.74) is 3.30. The van der Waals surface area contributed by atoms with E-state index >= 15 is 0 Å². The molecular weight excluding hydrogens is 543 g/mol. The van der Waals surface area contributed by atoms with Gasteiger partial charge < -0.3 is 19.8 Å². The predicted octanol–water partition coefficient (Wildman–Crippen LogP) is 3.43. The summed E-state index contributed by atoms with van der Waals surface area (Å²) >= 11 is 1.51. The minimum Gasteiger partial charge on any atom is -0.395 e. The Kier molecular flexibility index (Phi) is 7.87. The second kappa shape index (κ2) is 11.7. The van der Waals surface area contributed by atoms with Gasteiger partial charge in [0.2, 0.25) is 5.91 Å². The van der Waals surface area contributed by atoms with Crippen LogP contribution < -0.4 is 9.80 Å². The zero-order chi connectivity index (χ0) is 28.5. The van der Waals surface area contributed by atoms with Gasteiger partial charge in [-0.3, -0.25) is 9.69 Å². The molecule has 0 radical (unpaired) electrons. The fourth-order valence-corrected chi connectivity index (χ4v) is 6.49. The first-order valence-corrected chi connectivity index (χ1v) is 15.0. The number of thiazole rings is 1. The van der Waals surface area contributed by atoms with E-state index in [9.17, 15) is 14.3 Å². The third-order valence-electron chi connectivity index (χ3n) is 8.02. The molecule has 2 saturated heterocycles. The summed E-state index contributed by atoms with van der Waals surface area (Å²) in [6, 6.07) is 10.1. The predicted molar refractivity (Wildman–Crippen MR) is 158 cm³/mol. The fraction of sp³-hybridized carbons (Fsp3) is 0.448. The number of aliphatic hydroxyl groups is 1. The minimum absolute atomic E-state index is 0.0223. The Morgan fingerprint density at radius 2 is 1.88 bits per heavy atom. The SMILES string of the molecule is CCc1nc2ccc(N3CCN(CC(=O)N4CCCC4)[C@H](CO)C3)nn2c1N(C)c1nc(-c2ccc(F)cc2)cs1. The highest BCUT2D eigenvalue weighted by molar-refractivity contribution is 7.14. The van der Waals surface area contributed by atoms with E-state index in [4.69, 9.17) is 15.1 Å². The third-order valence-corrected chi connectivity index (χ3v) is 8.93. The normalized spacial score (nSPS) is 18.0. The molecule has 0 saturated carbocycles. The van der Waals surface area contributed by atoms with E-state index in [1.165, 1.54) is 23.5 Å². The van der Waals surface area contributed by atoms with Gasteiger partial charge in [0.15, 0.2) is 16.6 Å². The molecule has 4 aromatic rings. The largest absolute Gasteiger partial charge is 0.395 e. The van der Waals surface area contributed by atoms with Gasteiger partial charge in [-0.25, -0.2) is 14.4 Å². The number of halogens is 1. The molecule has 41 heavy (non-hydrogen) atoms. The van der Waals surface area contributed by atoms with Crippen molar-refractivity contribution in [2.75, 3.05) is 62.7 Å². The summed E-state index contributed by atoms with van der Waals surface area (Å²) in [5.74, 6) is 1.51. The Balaban J connectivity index is 1.24. The number of carbonyl (C=O) groups is 1. The van der Waals surface area contributed by atoms with Crippen LogP contribution in [-0.2, 0) is 11.2 Å². The number of piperazine rings is 1. The lowest BCUT2D eigenvalue weighted by Crippen LogP contribution is -2.57. The Hall–Kier alpha value is -3.61. The number of likely N-dealkylation sites (tertiary alicyclic amines) is 1. The van der Waals surface area contributed by atoms with Crippen LogP contribution in [0.5, 0.6) is 0 Å². The number of hydrogen-bond donors (Lipinski definition) is 1. The maximum atomic E-state index is 13.4. The Bertz CT molecular complexity index is 1520. The van der Waals surface area contributed by atoms with Crippen molar-refractivity contribution in [1.82, 2.24) is 29.4 Å². The van der Waals surface area contributed by atoms with Crippen LogP contribution in [0.4, 0.5) is 21.2 Å². The monoisotopic (exact) mass is 578 g/mol. The zero-order valence-corrected chi connectivity index (χ0v) is 24.2. The first-order valence-electron chi connectivity index (χ1n) is 14.2. The first kappa shape index (κ1) is 27.6. The van der Waals surface area contributed by atoms with E-state index in [2.05, 4.69) is 16.7 Å². The lowest BCUT2D eigenvalue weighted by Gasteiger charge is -2.41. The average Bonchev–Trinajstić information content (AvgIpc) is 3.77. The van der Waals surface area contributed by atoms with Crippen molar-refractivity contribution in [3.05, 3.63) is 53.3 Å². The van der Waals surface area contributed by atoms with Crippen LogP contribution in [-0.4, -0.2) is 99.4 Å². The van der Waals surface area contributed by atoms with Crippen molar-refractivity contribution in [2.24, 2.45) is 0 Å². The van der Waals surface area contributed by atoms with E-state index in [0.29, 0.717) is 26.2 Å². The summed E-state index contributed by atoms with van der Waals surface area (Å²) in [6.07, 6.45) is 2.87. The number of rotatable bonds is 8. The second-order valence-corrected chi connectivity index (χ2v) is 11.5. The summed E-state index contributed by atoms with van der Waals surface area (Å²) in [7, 11) is 1.96. The molecule has 1 amide bonds. The van der Waals surface area contributed by atoms with Crippen LogP contribution in [0.15, 0.2) is 41.8 Å². The molecule has 12 heteroatoms. The summed E-state index contributed by atoms with van der Waals surface area (Å²) in [4.78, 5) is 30.6. The van der Waals surface area contributed by atoms with Crippen molar-refractivity contribution < 1.29 is 14.3 Å². The molecule has 5 heterocycles. The maximum Gasteiger partial charge on any atom is 0.236 e.